The summed E-state index contributed by atoms with van der Waals surface area (Å²) in [5.74, 6) is 2.44. The number of rotatable bonds is 9. The zero-order valence-electron chi connectivity index (χ0n) is 45.4. The molecular formula is C66H76N4O. The zero-order chi connectivity index (χ0) is 51.1. The van der Waals surface area contributed by atoms with Crippen LogP contribution in [0.2, 0.25) is 0 Å². The minimum absolute atomic E-state index is 0.00269. The van der Waals surface area contributed by atoms with Gasteiger partial charge in [0.25, 0.3) is 0 Å². The predicted octanol–water partition coefficient (Wildman–Crippen LogP) is 17.6. The summed E-state index contributed by atoms with van der Waals surface area (Å²) in [7, 11) is 0. The Labute approximate surface area is 425 Å². The Morgan fingerprint density at radius 3 is 1.45 bits per heavy atom. The molecule has 5 heteroatoms. The van der Waals surface area contributed by atoms with Gasteiger partial charge in [0.1, 0.15) is 17.3 Å². The summed E-state index contributed by atoms with van der Waals surface area (Å²) in [6, 6.07) is 55.9. The number of nitrogens with zero attached hydrogens (tertiary/aromatic N) is 4. The van der Waals surface area contributed by atoms with Gasteiger partial charge in [0, 0.05) is 51.3 Å². The van der Waals surface area contributed by atoms with Crippen molar-refractivity contribution in [3.05, 3.63) is 203 Å². The molecule has 0 bridgehead atoms. The topological polar surface area (TPSA) is 33.5 Å². The highest BCUT2D eigenvalue weighted by Gasteiger charge is 2.46. The van der Waals surface area contributed by atoms with Gasteiger partial charge in [-0.1, -0.05) is 190 Å². The summed E-state index contributed by atoms with van der Waals surface area (Å²) >= 11 is 0. The summed E-state index contributed by atoms with van der Waals surface area (Å²) < 4.78 is 9.34. The molecule has 0 spiro atoms. The SMILES string of the molecule is CC(C)(C)c1cc(N2CN(c3cccc(Oc4ccc5c6cc(C(C)(C)C)ccc6n(-c6cc(C(C)(C)C)ccn6)c5c4)c3)C(C(C)(C)c3ccccc3)=C2C(C)(C)c2ccccc2)cc(C(C)(C)C)c1. The third kappa shape index (κ3) is 9.41. The van der Waals surface area contributed by atoms with Crippen LogP contribution in [0.5, 0.6) is 11.5 Å². The molecule has 71 heavy (non-hydrogen) atoms. The third-order valence-corrected chi connectivity index (χ3v) is 15.0. The second-order valence-corrected chi connectivity index (χ2v) is 25.2. The van der Waals surface area contributed by atoms with Crippen LogP contribution < -0.4 is 14.5 Å². The fourth-order valence-corrected chi connectivity index (χ4v) is 10.5. The molecule has 5 nitrogen and oxygen atoms in total. The average Bonchev–Trinajstić information content (AvgIpc) is 3.89. The van der Waals surface area contributed by atoms with Crippen LogP contribution in [0.4, 0.5) is 11.4 Å². The normalized spacial score (nSPS) is 14.3. The molecule has 6 aromatic carbocycles. The van der Waals surface area contributed by atoms with Gasteiger partial charge in [0.05, 0.1) is 29.1 Å². The minimum atomic E-state index is -0.410. The van der Waals surface area contributed by atoms with Gasteiger partial charge in [-0.2, -0.15) is 0 Å². The Balaban J connectivity index is 1.22. The molecule has 0 fully saturated rings. The van der Waals surface area contributed by atoms with Crippen molar-refractivity contribution in [3.63, 3.8) is 0 Å². The van der Waals surface area contributed by atoms with Gasteiger partial charge >= 0.3 is 0 Å². The average molecular weight is 941 g/mol. The molecule has 9 rings (SSSR count). The molecule has 3 heterocycles. The van der Waals surface area contributed by atoms with Crippen molar-refractivity contribution in [3.8, 4) is 17.3 Å². The van der Waals surface area contributed by atoms with E-state index in [1.807, 2.05) is 6.20 Å². The van der Waals surface area contributed by atoms with Gasteiger partial charge in [-0.15, -0.1) is 0 Å². The monoisotopic (exact) mass is 941 g/mol. The highest BCUT2D eigenvalue weighted by Crippen LogP contribution is 2.51. The van der Waals surface area contributed by atoms with E-state index in [0.29, 0.717) is 6.67 Å². The molecule has 0 amide bonds. The lowest BCUT2D eigenvalue weighted by Crippen LogP contribution is -2.35. The van der Waals surface area contributed by atoms with Crippen molar-refractivity contribution in [2.75, 3.05) is 16.5 Å². The van der Waals surface area contributed by atoms with Gasteiger partial charge in [-0.3, -0.25) is 4.57 Å². The maximum atomic E-state index is 7.03. The molecule has 1 aliphatic heterocycles. The molecular weight excluding hydrogens is 865 g/mol. The number of benzene rings is 6. The fourth-order valence-electron chi connectivity index (χ4n) is 10.5. The molecule has 0 unspecified atom stereocenters. The van der Waals surface area contributed by atoms with Crippen molar-refractivity contribution in [1.82, 2.24) is 9.55 Å². The standard InChI is InChI=1S/C66H76N4O/c1-61(2,3)46-30-33-56-55(39-46)54-32-31-53(42-57(54)70(56)58-40-47(34-35-67-58)62(4,5)6)71-52-29-23-28-50(41-52)68-43-69(51-37-48(63(7,8)9)36-49(38-51)64(10,11)12)60(66(15,16)45-26-21-18-22-27-45)59(68)65(13,14)44-24-19-17-20-25-44/h17-42H,43H2,1-16H3. The summed E-state index contributed by atoms with van der Waals surface area (Å²) in [6.45, 7) is 37.8. The number of hydrogen-bond acceptors (Lipinski definition) is 4. The molecule has 0 saturated heterocycles. The maximum absolute atomic E-state index is 7.03. The molecule has 0 atom stereocenters. The first-order valence-electron chi connectivity index (χ1n) is 25.6. The first kappa shape index (κ1) is 49.4. The molecule has 366 valence electrons. The van der Waals surface area contributed by atoms with Crippen LogP contribution >= 0.6 is 0 Å². The Morgan fingerprint density at radius 1 is 0.380 bits per heavy atom. The number of aromatic nitrogens is 2. The van der Waals surface area contributed by atoms with E-state index in [2.05, 4.69) is 277 Å². The number of allylic oxidation sites excluding steroid dienone is 2. The lowest BCUT2D eigenvalue weighted by atomic mass is 9.73. The molecule has 8 aromatic rings. The first-order valence-corrected chi connectivity index (χ1v) is 25.6. The van der Waals surface area contributed by atoms with Crippen LogP contribution in [-0.4, -0.2) is 16.2 Å². The molecule has 2 aromatic heterocycles. The van der Waals surface area contributed by atoms with Crippen molar-refractivity contribution >= 4 is 33.2 Å². The van der Waals surface area contributed by atoms with E-state index in [1.165, 1.54) is 61.2 Å². The Kier molecular flexibility index (Phi) is 12.3. The number of fused-ring (bicyclic) bond motifs is 3. The summed E-state index contributed by atoms with van der Waals surface area (Å²) in [5, 5.41) is 2.38. The van der Waals surface area contributed by atoms with Crippen molar-refractivity contribution < 1.29 is 4.74 Å². The second kappa shape index (κ2) is 17.6. The van der Waals surface area contributed by atoms with Crippen LogP contribution in [0.3, 0.4) is 0 Å². The molecule has 1 aliphatic rings. The summed E-state index contributed by atoms with van der Waals surface area (Å²) in [4.78, 5) is 10.2. The van der Waals surface area contributed by atoms with Crippen molar-refractivity contribution in [2.45, 2.75) is 143 Å². The Morgan fingerprint density at radius 2 is 0.901 bits per heavy atom. The Bertz CT molecular complexity index is 3260. The quantitative estimate of drug-likeness (QED) is 0.144. The number of hydrogen-bond donors (Lipinski definition) is 0. The summed E-state index contributed by atoms with van der Waals surface area (Å²) in [5.41, 5.74) is 13.8. The van der Waals surface area contributed by atoms with Crippen LogP contribution in [0.15, 0.2) is 169 Å². The van der Waals surface area contributed by atoms with Gasteiger partial charge < -0.3 is 14.5 Å². The second-order valence-electron chi connectivity index (χ2n) is 25.2. The third-order valence-electron chi connectivity index (χ3n) is 15.0. The van der Waals surface area contributed by atoms with Gasteiger partial charge in [0.15, 0.2) is 0 Å². The van der Waals surface area contributed by atoms with E-state index in [1.54, 1.807) is 0 Å². The van der Waals surface area contributed by atoms with Gasteiger partial charge in [0.2, 0.25) is 0 Å². The summed E-state index contributed by atoms with van der Waals surface area (Å²) in [6.07, 6.45) is 1.95. The van der Waals surface area contributed by atoms with Crippen LogP contribution in [0.1, 0.15) is 144 Å². The van der Waals surface area contributed by atoms with Crippen LogP contribution in [-0.2, 0) is 32.5 Å². The fraction of sp³-hybridized carbons (Fsp3) is 0.348. The molecule has 0 radical (unpaired) electrons. The molecule has 0 N–H and O–H groups in total. The minimum Gasteiger partial charge on any atom is -0.457 e. The molecule has 0 aliphatic carbocycles. The van der Waals surface area contributed by atoms with Gasteiger partial charge in [-0.05, 0) is 116 Å². The van der Waals surface area contributed by atoms with Gasteiger partial charge in [-0.25, -0.2) is 4.98 Å². The maximum Gasteiger partial charge on any atom is 0.137 e. The number of ether oxygens (including phenoxy) is 1. The largest absolute Gasteiger partial charge is 0.457 e. The predicted molar refractivity (Wildman–Crippen MR) is 302 cm³/mol. The van der Waals surface area contributed by atoms with E-state index in [0.717, 1.165) is 34.0 Å². The van der Waals surface area contributed by atoms with E-state index >= 15 is 0 Å². The van der Waals surface area contributed by atoms with Crippen LogP contribution in [0.25, 0.3) is 27.6 Å². The Hall–Kier alpha value is -6.59. The van der Waals surface area contributed by atoms with E-state index < -0.39 is 10.8 Å². The van der Waals surface area contributed by atoms with Crippen LogP contribution in [0, 0.1) is 0 Å². The number of pyridine rings is 1. The lowest BCUT2D eigenvalue weighted by Gasteiger charge is -2.38. The highest BCUT2D eigenvalue weighted by molar-refractivity contribution is 6.09. The molecule has 0 saturated carbocycles. The van der Waals surface area contributed by atoms with E-state index in [9.17, 15) is 0 Å². The zero-order valence-corrected chi connectivity index (χ0v) is 45.4. The lowest BCUT2D eigenvalue weighted by molar-refractivity contribution is 0.483. The van der Waals surface area contributed by atoms with Crippen molar-refractivity contribution in [1.29, 1.82) is 0 Å². The van der Waals surface area contributed by atoms with E-state index in [4.69, 9.17) is 9.72 Å². The number of anilines is 2. The first-order chi connectivity index (χ1) is 33.2. The van der Waals surface area contributed by atoms with Crippen molar-refractivity contribution in [2.24, 2.45) is 0 Å². The highest BCUT2D eigenvalue weighted by atomic mass is 16.5. The smallest absolute Gasteiger partial charge is 0.137 e. The van der Waals surface area contributed by atoms with E-state index in [-0.39, 0.29) is 21.7 Å².